The zero-order chi connectivity index (χ0) is 11.0. The Hall–Kier alpha value is -0.870. The summed E-state index contributed by atoms with van der Waals surface area (Å²) in [5.74, 6) is 0. The van der Waals surface area contributed by atoms with Gasteiger partial charge in [-0.3, -0.25) is 10.00 Å². The van der Waals surface area contributed by atoms with Crippen LogP contribution in [-0.4, -0.2) is 52.7 Å². The number of aromatic amines is 1. The predicted octanol–water partition coefficient (Wildman–Crippen LogP) is 0.862. The van der Waals surface area contributed by atoms with Crippen molar-refractivity contribution in [3.8, 4) is 0 Å². The maximum atomic E-state index is 4.12. The van der Waals surface area contributed by atoms with Gasteiger partial charge in [0.05, 0.1) is 6.20 Å². The van der Waals surface area contributed by atoms with Gasteiger partial charge in [0.1, 0.15) is 0 Å². The summed E-state index contributed by atoms with van der Waals surface area (Å²) in [5, 5.41) is 7.22. The number of likely N-dealkylation sites (tertiary alicyclic amines) is 1. The second-order valence-electron chi connectivity index (χ2n) is 5.14. The van der Waals surface area contributed by atoms with Gasteiger partial charge in [0.15, 0.2) is 0 Å². The van der Waals surface area contributed by atoms with E-state index in [1.165, 1.54) is 43.7 Å². The number of nitrogens with zero attached hydrogens (tertiary/aromatic N) is 3. The molecule has 3 heterocycles. The number of nitrogens with one attached hydrogen (secondary N) is 1. The van der Waals surface area contributed by atoms with Crippen molar-refractivity contribution in [1.29, 1.82) is 0 Å². The van der Waals surface area contributed by atoms with E-state index in [2.05, 4.69) is 27.0 Å². The molecule has 0 saturated carbocycles. The number of H-pyrrole nitrogens is 1. The van der Waals surface area contributed by atoms with E-state index < -0.39 is 0 Å². The van der Waals surface area contributed by atoms with Gasteiger partial charge in [-0.25, -0.2) is 0 Å². The van der Waals surface area contributed by atoms with Crippen LogP contribution >= 0.6 is 0 Å². The molecule has 1 fully saturated rings. The monoisotopic (exact) mass is 220 g/mol. The van der Waals surface area contributed by atoms with E-state index in [1.54, 1.807) is 0 Å². The van der Waals surface area contributed by atoms with Crippen molar-refractivity contribution in [3.63, 3.8) is 0 Å². The predicted molar refractivity (Wildman–Crippen MR) is 63.2 cm³/mol. The molecule has 1 saturated heterocycles. The van der Waals surface area contributed by atoms with Crippen LogP contribution in [0.25, 0.3) is 0 Å². The van der Waals surface area contributed by atoms with E-state index in [9.17, 15) is 0 Å². The average Bonchev–Trinajstić information content (AvgIpc) is 2.88. The van der Waals surface area contributed by atoms with E-state index in [1.807, 2.05) is 6.20 Å². The summed E-state index contributed by atoms with van der Waals surface area (Å²) in [6.07, 6.45) is 5.85. The van der Waals surface area contributed by atoms with Gasteiger partial charge in [0, 0.05) is 43.4 Å². The molecule has 88 valence electrons. The number of likely N-dealkylation sites (N-methyl/N-ethyl adjacent to an activating group) is 1. The third-order valence-corrected chi connectivity index (χ3v) is 4.02. The fourth-order valence-electron chi connectivity index (χ4n) is 2.94. The highest BCUT2D eigenvalue weighted by molar-refractivity contribution is 5.19. The van der Waals surface area contributed by atoms with E-state index >= 15 is 0 Å². The van der Waals surface area contributed by atoms with Crippen molar-refractivity contribution in [2.75, 3.05) is 26.7 Å². The molecular weight excluding hydrogens is 200 g/mol. The normalized spacial score (nSPS) is 27.2. The van der Waals surface area contributed by atoms with E-state index in [4.69, 9.17) is 0 Å². The summed E-state index contributed by atoms with van der Waals surface area (Å²) in [7, 11) is 2.25. The van der Waals surface area contributed by atoms with E-state index in [0.717, 1.165) is 19.0 Å². The lowest BCUT2D eigenvalue weighted by atomic mass is 10.1. The lowest BCUT2D eigenvalue weighted by Gasteiger charge is -2.31. The summed E-state index contributed by atoms with van der Waals surface area (Å²) < 4.78 is 0. The SMILES string of the molecule is CN1CCC[C@@H]1CN1CCc2[nH]ncc2C1. The largest absolute Gasteiger partial charge is 0.302 e. The number of rotatable bonds is 2. The van der Waals surface area contributed by atoms with Crippen molar-refractivity contribution >= 4 is 0 Å². The summed E-state index contributed by atoms with van der Waals surface area (Å²) in [6, 6.07) is 0.772. The fourth-order valence-corrected chi connectivity index (χ4v) is 2.94. The molecule has 1 aromatic heterocycles. The summed E-state index contributed by atoms with van der Waals surface area (Å²) in [4.78, 5) is 5.08. The minimum absolute atomic E-state index is 0.772. The third kappa shape index (κ3) is 1.87. The standard InChI is InChI=1S/C12H20N4/c1-15-5-2-3-11(15)9-16-6-4-12-10(8-16)7-13-14-12/h7,11H,2-6,8-9H2,1H3,(H,13,14)/t11-/m1/s1. The molecule has 0 aromatic carbocycles. The minimum Gasteiger partial charge on any atom is -0.302 e. The zero-order valence-corrected chi connectivity index (χ0v) is 9.95. The molecule has 0 amide bonds. The number of aromatic nitrogens is 2. The van der Waals surface area contributed by atoms with E-state index in [-0.39, 0.29) is 0 Å². The van der Waals surface area contributed by atoms with Gasteiger partial charge in [0.2, 0.25) is 0 Å². The molecule has 4 nitrogen and oxygen atoms in total. The van der Waals surface area contributed by atoms with Gasteiger partial charge in [-0.1, -0.05) is 0 Å². The quantitative estimate of drug-likeness (QED) is 0.803. The smallest absolute Gasteiger partial charge is 0.0535 e. The second kappa shape index (κ2) is 4.18. The highest BCUT2D eigenvalue weighted by Crippen LogP contribution is 2.20. The summed E-state index contributed by atoms with van der Waals surface area (Å²) in [6.45, 7) is 4.76. The summed E-state index contributed by atoms with van der Waals surface area (Å²) >= 11 is 0. The Balaban J connectivity index is 1.61. The molecule has 0 aliphatic carbocycles. The van der Waals surface area contributed by atoms with Gasteiger partial charge in [-0.2, -0.15) is 5.10 Å². The molecule has 3 rings (SSSR count). The van der Waals surface area contributed by atoms with Crippen molar-refractivity contribution < 1.29 is 0 Å². The Bertz CT molecular complexity index is 360. The van der Waals surface area contributed by atoms with Crippen molar-refractivity contribution in [1.82, 2.24) is 20.0 Å². The Morgan fingerprint density at radius 1 is 1.50 bits per heavy atom. The Morgan fingerprint density at radius 3 is 3.25 bits per heavy atom. The molecule has 2 aliphatic heterocycles. The lowest BCUT2D eigenvalue weighted by molar-refractivity contribution is 0.180. The first kappa shape index (κ1) is 10.3. The maximum absolute atomic E-state index is 4.12. The number of fused-ring (bicyclic) bond motifs is 1. The van der Waals surface area contributed by atoms with Gasteiger partial charge in [-0.05, 0) is 26.4 Å². The van der Waals surface area contributed by atoms with Gasteiger partial charge in [-0.15, -0.1) is 0 Å². The Labute approximate surface area is 96.6 Å². The van der Waals surface area contributed by atoms with Crippen LogP contribution in [0.5, 0.6) is 0 Å². The second-order valence-corrected chi connectivity index (χ2v) is 5.14. The first-order valence-corrected chi connectivity index (χ1v) is 6.26. The first-order valence-electron chi connectivity index (χ1n) is 6.26. The van der Waals surface area contributed by atoms with Crippen LogP contribution in [0.3, 0.4) is 0 Å². The van der Waals surface area contributed by atoms with Gasteiger partial charge < -0.3 is 4.90 Å². The molecule has 4 heteroatoms. The maximum Gasteiger partial charge on any atom is 0.0535 e. The Kier molecular flexibility index (Phi) is 2.69. The van der Waals surface area contributed by atoms with E-state index in [0.29, 0.717) is 0 Å². The topological polar surface area (TPSA) is 35.2 Å². The molecule has 0 spiro atoms. The van der Waals surface area contributed by atoms with Gasteiger partial charge >= 0.3 is 0 Å². The van der Waals surface area contributed by atoms with Crippen LogP contribution in [0.1, 0.15) is 24.1 Å². The van der Waals surface area contributed by atoms with Crippen LogP contribution in [0, 0.1) is 0 Å². The van der Waals surface area contributed by atoms with Crippen LogP contribution in [-0.2, 0) is 13.0 Å². The highest BCUT2D eigenvalue weighted by atomic mass is 15.2. The molecular formula is C12H20N4. The molecule has 1 N–H and O–H groups in total. The first-order chi connectivity index (χ1) is 7.83. The van der Waals surface area contributed by atoms with Crippen LogP contribution in [0.15, 0.2) is 6.20 Å². The molecule has 16 heavy (non-hydrogen) atoms. The minimum atomic E-state index is 0.772. The average molecular weight is 220 g/mol. The fraction of sp³-hybridized carbons (Fsp3) is 0.750. The summed E-state index contributed by atoms with van der Waals surface area (Å²) in [5.41, 5.74) is 2.74. The molecule has 1 atom stereocenters. The molecule has 2 aliphatic rings. The number of hydrogen-bond acceptors (Lipinski definition) is 3. The highest BCUT2D eigenvalue weighted by Gasteiger charge is 2.25. The third-order valence-electron chi connectivity index (χ3n) is 4.02. The molecule has 0 radical (unpaired) electrons. The molecule has 0 unspecified atom stereocenters. The molecule has 0 bridgehead atoms. The van der Waals surface area contributed by atoms with Crippen molar-refractivity contribution in [2.24, 2.45) is 0 Å². The lowest BCUT2D eigenvalue weighted by Crippen LogP contribution is -2.40. The number of hydrogen-bond donors (Lipinski definition) is 1. The van der Waals surface area contributed by atoms with Crippen LogP contribution < -0.4 is 0 Å². The van der Waals surface area contributed by atoms with Crippen molar-refractivity contribution in [2.45, 2.75) is 31.8 Å². The van der Waals surface area contributed by atoms with Gasteiger partial charge in [0.25, 0.3) is 0 Å². The zero-order valence-electron chi connectivity index (χ0n) is 9.95. The Morgan fingerprint density at radius 2 is 2.44 bits per heavy atom. The van der Waals surface area contributed by atoms with Crippen LogP contribution in [0.2, 0.25) is 0 Å². The van der Waals surface area contributed by atoms with Crippen molar-refractivity contribution in [3.05, 3.63) is 17.5 Å². The molecule has 1 aromatic rings. The van der Waals surface area contributed by atoms with Crippen LogP contribution in [0.4, 0.5) is 0 Å².